The van der Waals surface area contributed by atoms with Crippen molar-refractivity contribution in [3.63, 3.8) is 0 Å². The molecular formula is C16H18O4. The lowest BCUT2D eigenvalue weighted by molar-refractivity contribution is -0.146. The highest BCUT2D eigenvalue weighted by Gasteiger charge is 2.10. The van der Waals surface area contributed by atoms with Gasteiger partial charge >= 0.3 is 11.9 Å². The summed E-state index contributed by atoms with van der Waals surface area (Å²) in [4.78, 5) is 23.0. The van der Waals surface area contributed by atoms with Crippen molar-refractivity contribution in [2.24, 2.45) is 0 Å². The van der Waals surface area contributed by atoms with Crippen molar-refractivity contribution in [3.05, 3.63) is 29.8 Å². The maximum Gasteiger partial charge on any atom is 0.311 e. The largest absolute Gasteiger partial charge is 0.449 e. The van der Waals surface area contributed by atoms with Crippen LogP contribution in [0.3, 0.4) is 0 Å². The van der Waals surface area contributed by atoms with Gasteiger partial charge in [-0.3, -0.25) is 9.59 Å². The summed E-state index contributed by atoms with van der Waals surface area (Å²) in [6.07, 6.45) is 5.24. The van der Waals surface area contributed by atoms with Gasteiger partial charge in [-0.2, -0.15) is 0 Å². The fourth-order valence-corrected chi connectivity index (χ4v) is 1.51. The van der Waals surface area contributed by atoms with Crippen LogP contribution in [0.1, 0.15) is 31.7 Å². The Morgan fingerprint density at radius 2 is 1.90 bits per heavy atom. The van der Waals surface area contributed by atoms with Crippen LogP contribution in [0.5, 0.6) is 5.75 Å². The number of esters is 2. The molecule has 0 aliphatic carbocycles. The summed E-state index contributed by atoms with van der Waals surface area (Å²) in [6, 6.07) is 7.26. The molecule has 1 aromatic carbocycles. The maximum atomic E-state index is 11.6. The second-order valence-corrected chi connectivity index (χ2v) is 4.39. The van der Waals surface area contributed by atoms with E-state index in [-0.39, 0.29) is 18.8 Å². The summed E-state index contributed by atoms with van der Waals surface area (Å²) in [7, 11) is 0. The number of aryl methyl sites for hydroxylation is 1. The Balaban J connectivity index is 2.29. The summed E-state index contributed by atoms with van der Waals surface area (Å²) >= 11 is 0. The summed E-state index contributed by atoms with van der Waals surface area (Å²) < 4.78 is 10.1. The van der Waals surface area contributed by atoms with Gasteiger partial charge in [-0.15, -0.1) is 6.42 Å². The van der Waals surface area contributed by atoms with E-state index in [1.807, 2.05) is 19.1 Å². The Bertz CT molecular complexity index is 513. The van der Waals surface area contributed by atoms with Gasteiger partial charge in [0.25, 0.3) is 0 Å². The maximum absolute atomic E-state index is 11.6. The lowest BCUT2D eigenvalue weighted by Crippen LogP contribution is -2.14. The topological polar surface area (TPSA) is 52.6 Å². The first-order chi connectivity index (χ1) is 9.52. The molecule has 1 rings (SSSR count). The van der Waals surface area contributed by atoms with Gasteiger partial charge < -0.3 is 9.47 Å². The van der Waals surface area contributed by atoms with Crippen LogP contribution in [0.25, 0.3) is 0 Å². The number of hydrogen-bond acceptors (Lipinski definition) is 4. The lowest BCUT2D eigenvalue weighted by Gasteiger charge is -2.08. The average molecular weight is 274 g/mol. The Morgan fingerprint density at radius 3 is 2.55 bits per heavy atom. The van der Waals surface area contributed by atoms with Gasteiger partial charge in [0.1, 0.15) is 5.75 Å². The van der Waals surface area contributed by atoms with E-state index in [0.29, 0.717) is 12.2 Å². The highest BCUT2D eigenvalue weighted by Crippen LogP contribution is 2.17. The van der Waals surface area contributed by atoms with E-state index in [9.17, 15) is 9.59 Å². The molecular weight excluding hydrogens is 256 g/mol. The Morgan fingerprint density at radius 1 is 1.25 bits per heavy atom. The zero-order valence-electron chi connectivity index (χ0n) is 11.7. The van der Waals surface area contributed by atoms with Crippen molar-refractivity contribution in [2.45, 2.75) is 39.2 Å². The van der Waals surface area contributed by atoms with Crippen LogP contribution < -0.4 is 4.74 Å². The first-order valence-electron chi connectivity index (χ1n) is 6.45. The van der Waals surface area contributed by atoms with Crippen molar-refractivity contribution in [1.82, 2.24) is 0 Å². The molecule has 0 aromatic heterocycles. The Labute approximate surface area is 119 Å². The summed E-state index contributed by atoms with van der Waals surface area (Å²) in [5, 5.41) is 0. The van der Waals surface area contributed by atoms with Crippen LogP contribution >= 0.6 is 0 Å². The second kappa shape index (κ2) is 8.00. The van der Waals surface area contributed by atoms with E-state index in [4.69, 9.17) is 15.9 Å². The number of para-hydroxylation sites is 1. The minimum absolute atomic E-state index is 0.148. The molecule has 0 N–H and O–H groups in total. The minimum Gasteiger partial charge on any atom is -0.449 e. The molecule has 0 bridgehead atoms. The third kappa shape index (κ3) is 5.57. The van der Waals surface area contributed by atoms with E-state index in [2.05, 4.69) is 5.92 Å². The molecule has 0 saturated carbocycles. The smallest absolute Gasteiger partial charge is 0.311 e. The number of carbonyl (C=O) groups excluding carboxylic acids is 2. The van der Waals surface area contributed by atoms with Crippen LogP contribution in [0.15, 0.2) is 24.3 Å². The minimum atomic E-state index is -0.540. The molecule has 0 aliphatic heterocycles. The molecule has 0 amide bonds. The van der Waals surface area contributed by atoms with Gasteiger partial charge in [-0.25, -0.2) is 0 Å². The van der Waals surface area contributed by atoms with Crippen LogP contribution in [-0.4, -0.2) is 18.0 Å². The standard InChI is InChI=1S/C16H18O4/c1-4-13(3)19-15(17)10-7-11-16(18)20-14-9-6-5-8-12(14)2/h1,5-6,8-9,13H,7,10-11H2,2-3H3. The van der Waals surface area contributed by atoms with Crippen molar-refractivity contribution in [3.8, 4) is 18.1 Å². The number of rotatable bonds is 6. The second-order valence-electron chi connectivity index (χ2n) is 4.39. The fraction of sp³-hybridized carbons (Fsp3) is 0.375. The van der Waals surface area contributed by atoms with Gasteiger partial charge in [0.05, 0.1) is 0 Å². The first kappa shape index (κ1) is 15.8. The van der Waals surface area contributed by atoms with E-state index in [1.165, 1.54) is 0 Å². The molecule has 1 atom stereocenters. The van der Waals surface area contributed by atoms with E-state index in [0.717, 1.165) is 5.56 Å². The zero-order valence-corrected chi connectivity index (χ0v) is 11.7. The van der Waals surface area contributed by atoms with Crippen molar-refractivity contribution >= 4 is 11.9 Å². The summed E-state index contributed by atoms with van der Waals surface area (Å²) in [5.41, 5.74) is 0.892. The molecule has 4 nitrogen and oxygen atoms in total. The molecule has 1 aromatic rings. The monoisotopic (exact) mass is 274 g/mol. The van der Waals surface area contributed by atoms with Crippen LogP contribution in [-0.2, 0) is 14.3 Å². The fourth-order valence-electron chi connectivity index (χ4n) is 1.51. The van der Waals surface area contributed by atoms with Gasteiger partial charge in [0, 0.05) is 12.8 Å². The van der Waals surface area contributed by atoms with E-state index in [1.54, 1.807) is 19.1 Å². The van der Waals surface area contributed by atoms with Gasteiger partial charge in [-0.05, 0) is 31.9 Å². The number of carbonyl (C=O) groups is 2. The molecule has 0 spiro atoms. The van der Waals surface area contributed by atoms with Gasteiger partial charge in [0.15, 0.2) is 6.10 Å². The molecule has 106 valence electrons. The summed E-state index contributed by atoms with van der Waals surface area (Å²) in [5.74, 6) is 2.07. The Hall–Kier alpha value is -2.28. The molecule has 1 unspecified atom stereocenters. The number of ether oxygens (including phenoxy) is 2. The molecule has 20 heavy (non-hydrogen) atoms. The van der Waals surface area contributed by atoms with Crippen LogP contribution in [0.2, 0.25) is 0 Å². The molecule has 0 aliphatic rings. The molecule has 0 radical (unpaired) electrons. The molecule has 0 saturated heterocycles. The van der Waals surface area contributed by atoms with Crippen molar-refractivity contribution in [1.29, 1.82) is 0 Å². The zero-order chi connectivity index (χ0) is 15.0. The molecule has 0 fully saturated rings. The van der Waals surface area contributed by atoms with Crippen LogP contribution in [0.4, 0.5) is 0 Å². The number of terminal acetylenes is 1. The summed E-state index contributed by atoms with van der Waals surface area (Å²) in [6.45, 7) is 3.48. The molecule has 0 heterocycles. The highest BCUT2D eigenvalue weighted by molar-refractivity contribution is 5.74. The Kier molecular flexibility index (Phi) is 6.31. The first-order valence-corrected chi connectivity index (χ1v) is 6.45. The van der Waals surface area contributed by atoms with Crippen molar-refractivity contribution in [2.75, 3.05) is 0 Å². The third-order valence-electron chi connectivity index (χ3n) is 2.62. The lowest BCUT2D eigenvalue weighted by atomic mass is 10.2. The predicted molar refractivity (Wildman–Crippen MR) is 75.1 cm³/mol. The SMILES string of the molecule is C#CC(C)OC(=O)CCCC(=O)Oc1ccccc1C. The third-order valence-corrected chi connectivity index (χ3v) is 2.62. The molecule has 4 heteroatoms. The average Bonchev–Trinajstić information content (AvgIpc) is 2.41. The van der Waals surface area contributed by atoms with E-state index < -0.39 is 12.1 Å². The quantitative estimate of drug-likeness (QED) is 0.454. The predicted octanol–water partition coefficient (Wildman–Crippen LogP) is 2.64. The van der Waals surface area contributed by atoms with Gasteiger partial charge in [-0.1, -0.05) is 24.1 Å². The van der Waals surface area contributed by atoms with Crippen molar-refractivity contribution < 1.29 is 19.1 Å². The number of hydrogen-bond donors (Lipinski definition) is 0. The highest BCUT2D eigenvalue weighted by atomic mass is 16.5. The van der Waals surface area contributed by atoms with Crippen LogP contribution in [0, 0.1) is 19.3 Å². The van der Waals surface area contributed by atoms with Gasteiger partial charge in [0.2, 0.25) is 0 Å². The number of benzene rings is 1. The van der Waals surface area contributed by atoms with E-state index >= 15 is 0 Å². The normalized spacial score (nSPS) is 11.2.